The van der Waals surface area contributed by atoms with Gasteiger partial charge in [0.15, 0.2) is 17.2 Å². The average molecular weight is 467 g/mol. The molecule has 1 aliphatic rings. The molecule has 0 aliphatic carbocycles. The molecule has 1 aliphatic heterocycles. The summed E-state index contributed by atoms with van der Waals surface area (Å²) in [6.07, 6.45) is 7.40. The molecule has 0 radical (unpaired) electrons. The largest absolute Gasteiger partial charge is 0.461 e. The van der Waals surface area contributed by atoms with Crippen LogP contribution in [0.25, 0.3) is 17.2 Å². The molecule has 5 heterocycles. The summed E-state index contributed by atoms with van der Waals surface area (Å²) >= 11 is 3.57. The Kier molecular flexibility index (Phi) is 4.77. The highest BCUT2D eigenvalue weighted by Crippen LogP contribution is 2.23. The molecule has 2 N–H and O–H groups in total. The Morgan fingerprint density at radius 3 is 2.97 bits per heavy atom. The standard InChI is InChI=1S/C20H19BrN8O/c1-27-11-15(21)16(25-27)12-28-8-2-4-14(28)7-6-13-10-29-20(18(22)23-13)24-19(26-29)17-5-3-9-30-17/h3,5,9-11,14H,2,4,8,12H2,1H3,(H2,22,23)/t14-/m0/s1. The Hall–Kier alpha value is -3.16. The fourth-order valence-electron chi connectivity index (χ4n) is 3.62. The highest BCUT2D eigenvalue weighted by atomic mass is 79.9. The van der Waals surface area contributed by atoms with Crippen LogP contribution in [-0.2, 0) is 13.6 Å². The Labute approximate surface area is 181 Å². The van der Waals surface area contributed by atoms with E-state index in [1.807, 2.05) is 17.9 Å². The van der Waals surface area contributed by atoms with E-state index in [0.29, 0.717) is 22.9 Å². The summed E-state index contributed by atoms with van der Waals surface area (Å²) < 4.78 is 9.79. The van der Waals surface area contributed by atoms with Crippen LogP contribution in [0.3, 0.4) is 0 Å². The van der Waals surface area contributed by atoms with Gasteiger partial charge in [-0.1, -0.05) is 5.92 Å². The van der Waals surface area contributed by atoms with Gasteiger partial charge >= 0.3 is 0 Å². The lowest BCUT2D eigenvalue weighted by molar-refractivity contribution is 0.283. The van der Waals surface area contributed by atoms with Gasteiger partial charge in [-0.3, -0.25) is 9.58 Å². The lowest BCUT2D eigenvalue weighted by atomic mass is 10.2. The number of anilines is 1. The van der Waals surface area contributed by atoms with Gasteiger partial charge in [-0.05, 0) is 53.4 Å². The molecule has 30 heavy (non-hydrogen) atoms. The van der Waals surface area contributed by atoms with Crippen LogP contribution in [0.15, 0.2) is 39.7 Å². The quantitative estimate of drug-likeness (QED) is 0.462. The molecule has 0 aromatic carbocycles. The van der Waals surface area contributed by atoms with E-state index in [4.69, 9.17) is 10.2 Å². The van der Waals surface area contributed by atoms with Crippen LogP contribution in [0, 0.1) is 11.8 Å². The van der Waals surface area contributed by atoms with Crippen LogP contribution in [0.1, 0.15) is 24.2 Å². The molecule has 0 amide bonds. The van der Waals surface area contributed by atoms with E-state index in [2.05, 4.69) is 52.8 Å². The average Bonchev–Trinajstić information content (AvgIpc) is 3.48. The highest BCUT2D eigenvalue weighted by Gasteiger charge is 2.24. The fourth-order valence-corrected chi connectivity index (χ4v) is 4.13. The normalized spacial score (nSPS) is 16.8. The van der Waals surface area contributed by atoms with E-state index >= 15 is 0 Å². The molecular weight excluding hydrogens is 448 g/mol. The van der Waals surface area contributed by atoms with Gasteiger partial charge in [0.25, 0.3) is 0 Å². The molecule has 4 aromatic heterocycles. The molecule has 0 saturated carbocycles. The lowest BCUT2D eigenvalue weighted by Crippen LogP contribution is -2.28. The zero-order valence-corrected chi connectivity index (χ0v) is 17.9. The SMILES string of the molecule is Cn1cc(Br)c(CN2CCC[C@H]2C#Cc2cn3nc(-c4ccco4)nc3c(N)n2)n1. The molecule has 1 atom stereocenters. The number of hydrogen-bond acceptors (Lipinski definition) is 7. The maximum Gasteiger partial charge on any atom is 0.218 e. The van der Waals surface area contributed by atoms with Gasteiger partial charge in [-0.2, -0.15) is 5.10 Å². The minimum Gasteiger partial charge on any atom is -0.461 e. The van der Waals surface area contributed by atoms with Crippen molar-refractivity contribution in [2.24, 2.45) is 7.05 Å². The van der Waals surface area contributed by atoms with E-state index in [9.17, 15) is 0 Å². The van der Waals surface area contributed by atoms with Crippen LogP contribution >= 0.6 is 15.9 Å². The third-order valence-electron chi connectivity index (χ3n) is 5.03. The second kappa shape index (κ2) is 7.59. The number of aryl methyl sites for hydroxylation is 1. The van der Waals surface area contributed by atoms with Crippen LogP contribution in [-0.4, -0.2) is 46.8 Å². The number of likely N-dealkylation sites (tertiary alicyclic amines) is 1. The van der Waals surface area contributed by atoms with E-state index in [-0.39, 0.29) is 11.9 Å². The molecule has 5 rings (SSSR count). The summed E-state index contributed by atoms with van der Waals surface area (Å²) in [4.78, 5) is 11.1. The topological polar surface area (TPSA) is 103 Å². The first-order chi connectivity index (χ1) is 14.6. The predicted octanol–water partition coefficient (Wildman–Crippen LogP) is 2.48. The molecule has 1 saturated heterocycles. The molecule has 0 bridgehead atoms. The van der Waals surface area contributed by atoms with Crippen molar-refractivity contribution in [1.82, 2.24) is 34.3 Å². The van der Waals surface area contributed by atoms with Gasteiger partial charge in [-0.25, -0.2) is 14.5 Å². The number of halogens is 1. The first-order valence-corrected chi connectivity index (χ1v) is 10.4. The third-order valence-corrected chi connectivity index (χ3v) is 5.69. The van der Waals surface area contributed by atoms with Crippen molar-refractivity contribution in [2.75, 3.05) is 12.3 Å². The zero-order valence-electron chi connectivity index (χ0n) is 16.3. The molecular formula is C20H19BrN8O. The van der Waals surface area contributed by atoms with E-state index in [1.165, 1.54) is 0 Å². The van der Waals surface area contributed by atoms with Crippen molar-refractivity contribution in [3.8, 4) is 23.4 Å². The number of aromatic nitrogens is 6. The van der Waals surface area contributed by atoms with E-state index in [1.54, 1.807) is 29.1 Å². The molecule has 1 fully saturated rings. The van der Waals surface area contributed by atoms with Gasteiger partial charge < -0.3 is 10.2 Å². The molecule has 10 heteroatoms. The maximum atomic E-state index is 6.10. The Morgan fingerprint density at radius 1 is 1.30 bits per heavy atom. The van der Waals surface area contributed by atoms with Crippen LogP contribution in [0.2, 0.25) is 0 Å². The summed E-state index contributed by atoms with van der Waals surface area (Å²) in [7, 11) is 1.92. The first-order valence-electron chi connectivity index (χ1n) is 9.57. The van der Waals surface area contributed by atoms with Crippen LogP contribution in [0.4, 0.5) is 5.82 Å². The number of nitrogens with zero attached hydrogens (tertiary/aromatic N) is 7. The maximum absolute atomic E-state index is 6.10. The highest BCUT2D eigenvalue weighted by molar-refractivity contribution is 9.10. The minimum absolute atomic E-state index is 0.145. The summed E-state index contributed by atoms with van der Waals surface area (Å²) in [6.45, 7) is 1.75. The van der Waals surface area contributed by atoms with E-state index < -0.39 is 0 Å². The minimum atomic E-state index is 0.145. The monoisotopic (exact) mass is 466 g/mol. The number of nitrogens with two attached hydrogens (primary N) is 1. The number of rotatable bonds is 3. The van der Waals surface area contributed by atoms with E-state index in [0.717, 1.165) is 36.1 Å². The van der Waals surface area contributed by atoms with Crippen LogP contribution in [0.5, 0.6) is 0 Å². The lowest BCUT2D eigenvalue weighted by Gasteiger charge is -2.19. The predicted molar refractivity (Wildman–Crippen MR) is 114 cm³/mol. The summed E-state index contributed by atoms with van der Waals surface area (Å²) in [5, 5.41) is 8.96. The van der Waals surface area contributed by atoms with Gasteiger partial charge in [-0.15, -0.1) is 5.10 Å². The molecule has 9 nitrogen and oxygen atoms in total. The number of nitrogen functional groups attached to an aromatic ring is 1. The zero-order chi connectivity index (χ0) is 20.7. The molecule has 0 spiro atoms. The fraction of sp³-hybridized carbons (Fsp3) is 0.300. The second-order valence-corrected chi connectivity index (χ2v) is 8.04. The van der Waals surface area contributed by atoms with Gasteiger partial charge in [0.05, 0.1) is 28.7 Å². The Balaban J connectivity index is 1.39. The molecule has 152 valence electrons. The smallest absolute Gasteiger partial charge is 0.218 e. The number of fused-ring (bicyclic) bond motifs is 1. The Bertz CT molecular complexity index is 1260. The van der Waals surface area contributed by atoms with Crippen molar-refractivity contribution in [1.29, 1.82) is 0 Å². The van der Waals surface area contributed by atoms with Crippen molar-refractivity contribution < 1.29 is 4.42 Å². The Morgan fingerprint density at radius 2 is 2.20 bits per heavy atom. The van der Waals surface area contributed by atoms with Crippen molar-refractivity contribution in [3.05, 3.63) is 46.7 Å². The number of furan rings is 1. The van der Waals surface area contributed by atoms with Crippen molar-refractivity contribution in [3.63, 3.8) is 0 Å². The second-order valence-electron chi connectivity index (χ2n) is 7.19. The molecule has 0 unspecified atom stereocenters. The van der Waals surface area contributed by atoms with Crippen LogP contribution < -0.4 is 5.73 Å². The van der Waals surface area contributed by atoms with Gasteiger partial charge in [0.1, 0.15) is 5.69 Å². The molecule has 4 aromatic rings. The summed E-state index contributed by atoms with van der Waals surface area (Å²) in [6, 6.07) is 3.73. The van der Waals surface area contributed by atoms with Gasteiger partial charge in [0.2, 0.25) is 5.82 Å². The summed E-state index contributed by atoms with van der Waals surface area (Å²) in [5.74, 6) is 7.84. The number of hydrogen-bond donors (Lipinski definition) is 1. The first kappa shape index (κ1) is 18.8. The van der Waals surface area contributed by atoms with Gasteiger partial charge in [0, 0.05) is 19.8 Å². The summed E-state index contributed by atoms with van der Waals surface area (Å²) in [5.41, 5.74) is 8.15. The van der Waals surface area contributed by atoms with Crippen molar-refractivity contribution >= 4 is 27.4 Å². The van der Waals surface area contributed by atoms with Crippen molar-refractivity contribution in [2.45, 2.75) is 25.4 Å². The third kappa shape index (κ3) is 3.58.